The van der Waals surface area contributed by atoms with Crippen LogP contribution in [0.5, 0.6) is 0 Å². The van der Waals surface area contributed by atoms with Gasteiger partial charge < -0.3 is 24.8 Å². The number of rotatable bonds is 14. The molecule has 0 amide bonds. The summed E-state index contributed by atoms with van der Waals surface area (Å²) in [4.78, 5) is 6.70. The van der Waals surface area contributed by atoms with Crippen LogP contribution in [-0.2, 0) is 14.2 Å². The van der Waals surface area contributed by atoms with Crippen LogP contribution < -0.4 is 10.6 Å². The second-order valence-electron chi connectivity index (χ2n) is 6.17. The molecule has 0 unspecified atom stereocenters. The highest BCUT2D eigenvalue weighted by molar-refractivity contribution is 14.0. The number of aliphatic imine (C=N–C) groups is 1. The minimum atomic E-state index is 0. The Morgan fingerprint density at radius 3 is 2.35 bits per heavy atom. The summed E-state index contributed by atoms with van der Waals surface area (Å²) in [6.07, 6.45) is 4.63. The Morgan fingerprint density at radius 2 is 1.65 bits per heavy atom. The highest BCUT2D eigenvalue weighted by Gasteiger charge is 2.08. The predicted molar refractivity (Wildman–Crippen MR) is 118 cm³/mol. The molecule has 1 aliphatic heterocycles. The van der Waals surface area contributed by atoms with Gasteiger partial charge in [-0.3, -0.25) is 9.89 Å². The Balaban J connectivity index is 0.00000625. The maximum atomic E-state index is 5.53. The van der Waals surface area contributed by atoms with Crippen molar-refractivity contribution in [3.05, 3.63) is 0 Å². The van der Waals surface area contributed by atoms with Gasteiger partial charge in [0.1, 0.15) is 0 Å². The number of morpholine rings is 1. The summed E-state index contributed by atoms with van der Waals surface area (Å²) < 4.78 is 16.3. The number of halogens is 1. The van der Waals surface area contributed by atoms with E-state index < -0.39 is 0 Å². The molecule has 0 radical (unpaired) electrons. The van der Waals surface area contributed by atoms with Crippen molar-refractivity contribution in [2.24, 2.45) is 4.99 Å². The van der Waals surface area contributed by atoms with Crippen LogP contribution in [0.4, 0.5) is 0 Å². The Kier molecular flexibility index (Phi) is 19.5. The molecule has 0 aromatic rings. The third kappa shape index (κ3) is 15.0. The molecule has 1 saturated heterocycles. The lowest BCUT2D eigenvalue weighted by atomic mass is 10.3. The third-order valence-electron chi connectivity index (χ3n) is 4.07. The van der Waals surface area contributed by atoms with Crippen molar-refractivity contribution in [2.45, 2.75) is 32.6 Å². The van der Waals surface area contributed by atoms with E-state index in [1.165, 1.54) is 12.8 Å². The first-order valence-corrected chi connectivity index (χ1v) is 9.77. The molecule has 26 heavy (non-hydrogen) atoms. The van der Waals surface area contributed by atoms with E-state index in [0.717, 1.165) is 71.3 Å². The van der Waals surface area contributed by atoms with Gasteiger partial charge in [-0.2, -0.15) is 0 Å². The Labute approximate surface area is 176 Å². The fourth-order valence-electron chi connectivity index (χ4n) is 2.52. The summed E-state index contributed by atoms with van der Waals surface area (Å²) in [5.74, 6) is 0.842. The average Bonchev–Trinajstić information content (AvgIpc) is 2.65. The largest absolute Gasteiger partial charge is 0.379 e. The fraction of sp³-hybridized carbons (Fsp3) is 0.944. The molecular weight excluding hydrogens is 447 g/mol. The van der Waals surface area contributed by atoms with Crippen molar-refractivity contribution in [1.82, 2.24) is 15.5 Å². The highest BCUT2D eigenvalue weighted by Crippen LogP contribution is 1.99. The molecular formula is C18H39IN4O3. The van der Waals surface area contributed by atoms with E-state index >= 15 is 0 Å². The summed E-state index contributed by atoms with van der Waals surface area (Å²) in [7, 11) is 1.80. The number of ether oxygens (including phenoxy) is 3. The number of nitrogens with one attached hydrogen (secondary N) is 2. The van der Waals surface area contributed by atoms with Gasteiger partial charge in [-0.1, -0.05) is 13.3 Å². The second-order valence-corrected chi connectivity index (χ2v) is 6.17. The zero-order valence-electron chi connectivity index (χ0n) is 16.6. The van der Waals surface area contributed by atoms with Crippen molar-refractivity contribution in [1.29, 1.82) is 0 Å². The highest BCUT2D eigenvalue weighted by atomic mass is 127. The van der Waals surface area contributed by atoms with Crippen LogP contribution in [0.2, 0.25) is 0 Å². The molecule has 0 aromatic heterocycles. The molecule has 1 aliphatic rings. The lowest BCUT2D eigenvalue weighted by molar-refractivity contribution is 0.0372. The smallest absolute Gasteiger partial charge is 0.191 e. The average molecular weight is 486 g/mol. The van der Waals surface area contributed by atoms with Crippen molar-refractivity contribution in [3.8, 4) is 0 Å². The molecule has 7 nitrogen and oxygen atoms in total. The molecule has 1 heterocycles. The first-order valence-electron chi connectivity index (χ1n) is 9.77. The molecule has 0 spiro atoms. The number of hydrogen-bond donors (Lipinski definition) is 2. The van der Waals surface area contributed by atoms with Gasteiger partial charge in [0.2, 0.25) is 0 Å². The first kappa shape index (κ1) is 25.8. The van der Waals surface area contributed by atoms with Gasteiger partial charge in [0.25, 0.3) is 0 Å². The van der Waals surface area contributed by atoms with Crippen molar-refractivity contribution < 1.29 is 14.2 Å². The molecule has 0 aliphatic carbocycles. The summed E-state index contributed by atoms with van der Waals surface area (Å²) in [5.41, 5.74) is 0. The van der Waals surface area contributed by atoms with Crippen molar-refractivity contribution >= 4 is 29.9 Å². The molecule has 0 aromatic carbocycles. The van der Waals surface area contributed by atoms with E-state index in [9.17, 15) is 0 Å². The van der Waals surface area contributed by atoms with Crippen LogP contribution in [0.25, 0.3) is 0 Å². The SMILES string of the molecule is CCCCOCCOCCNC(=NC)NCCCCN1CCOCC1.I. The maximum Gasteiger partial charge on any atom is 0.191 e. The van der Waals surface area contributed by atoms with Crippen LogP contribution in [-0.4, -0.2) is 90.3 Å². The zero-order chi connectivity index (χ0) is 18.0. The summed E-state index contributed by atoms with van der Waals surface area (Å²) >= 11 is 0. The molecule has 0 saturated carbocycles. The van der Waals surface area contributed by atoms with E-state index in [2.05, 4.69) is 27.4 Å². The maximum absolute atomic E-state index is 5.53. The molecule has 1 rings (SSSR count). The Morgan fingerprint density at radius 1 is 0.962 bits per heavy atom. The van der Waals surface area contributed by atoms with Crippen molar-refractivity contribution in [2.75, 3.05) is 79.4 Å². The molecule has 0 bridgehead atoms. The van der Waals surface area contributed by atoms with E-state index in [-0.39, 0.29) is 24.0 Å². The van der Waals surface area contributed by atoms with Crippen molar-refractivity contribution in [3.63, 3.8) is 0 Å². The standard InChI is InChI=1S/C18H38N4O3.HI/c1-3-4-12-23-16-17-24-13-8-21-18(19-2)20-7-5-6-9-22-10-14-25-15-11-22;/h3-17H2,1-2H3,(H2,19,20,21);1H. The van der Waals surface area contributed by atoms with Crippen LogP contribution in [0.3, 0.4) is 0 Å². The van der Waals surface area contributed by atoms with Gasteiger partial charge >= 0.3 is 0 Å². The van der Waals surface area contributed by atoms with Gasteiger partial charge in [-0.05, 0) is 25.8 Å². The van der Waals surface area contributed by atoms with Gasteiger partial charge in [0, 0.05) is 39.8 Å². The van der Waals surface area contributed by atoms with Crippen LogP contribution in [0.1, 0.15) is 32.6 Å². The molecule has 1 fully saturated rings. The van der Waals surface area contributed by atoms with Gasteiger partial charge in [0.05, 0.1) is 33.0 Å². The summed E-state index contributed by atoms with van der Waals surface area (Å²) in [6, 6.07) is 0. The summed E-state index contributed by atoms with van der Waals surface area (Å²) in [5, 5.41) is 6.61. The lowest BCUT2D eigenvalue weighted by Gasteiger charge is -2.26. The number of hydrogen-bond acceptors (Lipinski definition) is 5. The van der Waals surface area contributed by atoms with Gasteiger partial charge in [0.15, 0.2) is 5.96 Å². The number of guanidine groups is 1. The van der Waals surface area contributed by atoms with Crippen LogP contribution in [0, 0.1) is 0 Å². The predicted octanol–water partition coefficient (Wildman–Crippen LogP) is 1.72. The summed E-state index contributed by atoms with van der Waals surface area (Å²) in [6.45, 7) is 11.7. The topological polar surface area (TPSA) is 67.4 Å². The lowest BCUT2D eigenvalue weighted by Crippen LogP contribution is -2.40. The fourth-order valence-corrected chi connectivity index (χ4v) is 2.52. The minimum Gasteiger partial charge on any atom is -0.379 e. The molecule has 0 atom stereocenters. The Hall–Kier alpha value is -0.160. The second kappa shape index (κ2) is 19.6. The zero-order valence-corrected chi connectivity index (χ0v) is 19.0. The quantitative estimate of drug-likeness (QED) is 0.169. The monoisotopic (exact) mass is 486 g/mol. The van der Waals surface area contributed by atoms with Gasteiger partial charge in [-0.15, -0.1) is 24.0 Å². The molecule has 8 heteroatoms. The first-order chi connectivity index (χ1) is 12.4. The van der Waals surface area contributed by atoms with Gasteiger partial charge in [-0.25, -0.2) is 0 Å². The number of nitrogens with zero attached hydrogens (tertiary/aromatic N) is 2. The van der Waals surface area contributed by atoms with E-state index in [1.54, 1.807) is 7.05 Å². The number of unbranched alkanes of at least 4 members (excludes halogenated alkanes) is 2. The minimum absolute atomic E-state index is 0. The molecule has 2 N–H and O–H groups in total. The normalized spacial score (nSPS) is 15.5. The van der Waals surface area contributed by atoms with E-state index in [1.807, 2.05) is 0 Å². The Bertz CT molecular complexity index is 330. The molecule has 156 valence electrons. The van der Waals surface area contributed by atoms with Crippen LogP contribution in [0.15, 0.2) is 4.99 Å². The van der Waals surface area contributed by atoms with E-state index in [0.29, 0.717) is 19.8 Å². The van der Waals surface area contributed by atoms with E-state index in [4.69, 9.17) is 14.2 Å². The third-order valence-corrected chi connectivity index (χ3v) is 4.07. The van der Waals surface area contributed by atoms with Crippen LogP contribution >= 0.6 is 24.0 Å².